The Morgan fingerprint density at radius 2 is 2.03 bits per heavy atom. The molecular weight excluding hydrogens is 378 g/mol. The van der Waals surface area contributed by atoms with Gasteiger partial charge in [0.25, 0.3) is 5.91 Å². The van der Waals surface area contributed by atoms with E-state index in [0.29, 0.717) is 11.6 Å². The van der Waals surface area contributed by atoms with Gasteiger partial charge in [-0.3, -0.25) is 9.89 Å². The number of nitrogens with one attached hydrogen (secondary N) is 2. The zero-order valence-electron chi connectivity index (χ0n) is 17.6. The summed E-state index contributed by atoms with van der Waals surface area (Å²) in [6, 6.07) is 9.68. The first-order valence-corrected chi connectivity index (χ1v) is 10.5. The molecule has 1 saturated carbocycles. The summed E-state index contributed by atoms with van der Waals surface area (Å²) in [7, 11) is 1.66. The van der Waals surface area contributed by atoms with Gasteiger partial charge in [0, 0.05) is 17.2 Å². The molecular formula is C23H27N5O2. The van der Waals surface area contributed by atoms with Crippen LogP contribution in [0.3, 0.4) is 0 Å². The number of fused-ring (bicyclic) bond motifs is 1. The van der Waals surface area contributed by atoms with Crippen molar-refractivity contribution in [2.24, 2.45) is 5.41 Å². The van der Waals surface area contributed by atoms with E-state index in [0.717, 1.165) is 41.2 Å². The fraction of sp³-hybridized carbons (Fsp3) is 0.435. The van der Waals surface area contributed by atoms with Gasteiger partial charge in [-0.1, -0.05) is 13.8 Å². The molecule has 0 bridgehead atoms. The number of rotatable bonds is 5. The number of methoxy groups -OCH3 is 1. The van der Waals surface area contributed by atoms with Crippen molar-refractivity contribution in [3.8, 4) is 11.4 Å². The SMILES string of the molecule is COc1ccc(-n2ncc3c2CC(C)(C)C[C@H]3NC(=O)c2cc(C3CC3)[nH]n2)cc1. The molecule has 30 heavy (non-hydrogen) atoms. The minimum absolute atomic E-state index is 0.0416. The van der Waals surface area contributed by atoms with Gasteiger partial charge < -0.3 is 10.1 Å². The monoisotopic (exact) mass is 405 g/mol. The van der Waals surface area contributed by atoms with Crippen LogP contribution in [0.4, 0.5) is 0 Å². The molecule has 1 aromatic carbocycles. The molecule has 1 amide bonds. The van der Waals surface area contributed by atoms with Crippen LogP contribution in [0.1, 0.15) is 72.5 Å². The van der Waals surface area contributed by atoms with Crippen LogP contribution in [-0.4, -0.2) is 33.0 Å². The lowest BCUT2D eigenvalue weighted by atomic mass is 9.74. The van der Waals surface area contributed by atoms with E-state index in [-0.39, 0.29) is 17.4 Å². The maximum atomic E-state index is 12.9. The average Bonchev–Trinajstić information content (AvgIpc) is 3.30. The molecule has 156 valence electrons. The lowest BCUT2D eigenvalue weighted by Crippen LogP contribution is -2.37. The summed E-state index contributed by atoms with van der Waals surface area (Å²) < 4.78 is 7.25. The van der Waals surface area contributed by atoms with E-state index in [1.54, 1.807) is 7.11 Å². The molecule has 2 N–H and O–H groups in total. The van der Waals surface area contributed by atoms with Crippen LogP contribution in [0.5, 0.6) is 5.75 Å². The van der Waals surface area contributed by atoms with Crippen molar-refractivity contribution >= 4 is 5.91 Å². The first-order chi connectivity index (χ1) is 14.4. The molecule has 0 aliphatic heterocycles. The Balaban J connectivity index is 1.42. The highest BCUT2D eigenvalue weighted by atomic mass is 16.5. The fourth-order valence-electron chi connectivity index (χ4n) is 4.41. The Morgan fingerprint density at radius 1 is 1.27 bits per heavy atom. The largest absolute Gasteiger partial charge is 0.497 e. The molecule has 2 heterocycles. The van der Waals surface area contributed by atoms with Crippen LogP contribution >= 0.6 is 0 Å². The standard InChI is InChI=1S/C23H27N5O2/c1-23(2)11-20(25-22(29)19-10-18(26-27-19)14-4-5-14)17-13-24-28(21(17)12-23)15-6-8-16(30-3)9-7-15/h6-10,13-14,20H,4-5,11-12H2,1-3H3,(H,25,29)(H,26,27)/t20-/m1/s1. The van der Waals surface area contributed by atoms with Crippen LogP contribution in [-0.2, 0) is 6.42 Å². The summed E-state index contributed by atoms with van der Waals surface area (Å²) in [4.78, 5) is 12.9. The molecule has 2 aromatic heterocycles. The molecule has 3 aromatic rings. The maximum Gasteiger partial charge on any atom is 0.272 e. The van der Waals surface area contributed by atoms with Crippen molar-refractivity contribution in [2.45, 2.75) is 51.5 Å². The van der Waals surface area contributed by atoms with Crippen LogP contribution < -0.4 is 10.1 Å². The van der Waals surface area contributed by atoms with Gasteiger partial charge in [-0.15, -0.1) is 0 Å². The molecule has 0 saturated heterocycles. The second-order valence-corrected chi connectivity index (χ2v) is 9.21. The average molecular weight is 406 g/mol. The van der Waals surface area contributed by atoms with Crippen molar-refractivity contribution in [2.75, 3.05) is 7.11 Å². The maximum absolute atomic E-state index is 12.9. The summed E-state index contributed by atoms with van der Waals surface area (Å²) >= 11 is 0. The number of aromatic amines is 1. The summed E-state index contributed by atoms with van der Waals surface area (Å²) in [5, 5.41) is 15.1. The Morgan fingerprint density at radius 3 is 2.73 bits per heavy atom. The number of benzene rings is 1. The zero-order chi connectivity index (χ0) is 20.9. The number of aromatic nitrogens is 4. The van der Waals surface area contributed by atoms with Gasteiger partial charge in [0.2, 0.25) is 0 Å². The van der Waals surface area contributed by atoms with E-state index in [1.807, 2.05) is 41.2 Å². The number of nitrogens with zero attached hydrogens (tertiary/aromatic N) is 3. The number of H-pyrrole nitrogens is 1. The van der Waals surface area contributed by atoms with Crippen LogP contribution in [0.2, 0.25) is 0 Å². The zero-order valence-corrected chi connectivity index (χ0v) is 17.6. The Kier molecular flexibility index (Phi) is 4.41. The van der Waals surface area contributed by atoms with Crippen LogP contribution in [0.15, 0.2) is 36.5 Å². The first-order valence-electron chi connectivity index (χ1n) is 10.5. The van der Waals surface area contributed by atoms with Crippen molar-refractivity contribution in [1.82, 2.24) is 25.3 Å². The van der Waals surface area contributed by atoms with E-state index >= 15 is 0 Å². The van der Waals surface area contributed by atoms with Crippen molar-refractivity contribution < 1.29 is 9.53 Å². The molecule has 7 nitrogen and oxygen atoms in total. The van der Waals surface area contributed by atoms with Gasteiger partial charge in [-0.05, 0) is 61.4 Å². The van der Waals surface area contributed by atoms with E-state index in [1.165, 1.54) is 12.8 Å². The van der Waals surface area contributed by atoms with Crippen LogP contribution in [0.25, 0.3) is 5.69 Å². The molecule has 2 aliphatic carbocycles. The van der Waals surface area contributed by atoms with Gasteiger partial charge >= 0.3 is 0 Å². The molecule has 0 spiro atoms. The third kappa shape index (κ3) is 3.49. The van der Waals surface area contributed by atoms with Crippen molar-refractivity contribution in [3.63, 3.8) is 0 Å². The van der Waals surface area contributed by atoms with Gasteiger partial charge in [-0.2, -0.15) is 10.2 Å². The Bertz CT molecular complexity index is 1080. The molecule has 1 fully saturated rings. The number of hydrogen-bond acceptors (Lipinski definition) is 4. The lowest BCUT2D eigenvalue weighted by Gasteiger charge is -2.35. The third-order valence-corrected chi connectivity index (χ3v) is 6.15. The van der Waals surface area contributed by atoms with Crippen molar-refractivity contribution in [3.05, 3.63) is 59.2 Å². The summed E-state index contributed by atoms with van der Waals surface area (Å²) in [5.74, 6) is 1.22. The minimum atomic E-state index is -0.135. The normalized spacial score (nSPS) is 19.9. The predicted molar refractivity (Wildman–Crippen MR) is 113 cm³/mol. The second kappa shape index (κ2) is 7.00. The number of amides is 1. The molecule has 0 unspecified atom stereocenters. The molecule has 7 heteroatoms. The van der Waals surface area contributed by atoms with E-state index in [4.69, 9.17) is 4.74 Å². The Hall–Kier alpha value is -3.09. The molecule has 2 aliphatic rings. The molecule has 1 atom stereocenters. The quantitative estimate of drug-likeness (QED) is 0.674. The van der Waals surface area contributed by atoms with Gasteiger partial charge in [0.1, 0.15) is 11.4 Å². The van der Waals surface area contributed by atoms with E-state index in [9.17, 15) is 4.79 Å². The minimum Gasteiger partial charge on any atom is -0.497 e. The number of ether oxygens (including phenoxy) is 1. The van der Waals surface area contributed by atoms with E-state index in [2.05, 4.69) is 34.5 Å². The number of carbonyl (C=O) groups is 1. The topological polar surface area (TPSA) is 84.8 Å². The number of carbonyl (C=O) groups excluding carboxylic acids is 1. The predicted octanol–water partition coefficient (Wildman–Crippen LogP) is 3.92. The summed E-state index contributed by atoms with van der Waals surface area (Å²) in [6.07, 6.45) is 6.00. The summed E-state index contributed by atoms with van der Waals surface area (Å²) in [6.45, 7) is 4.47. The molecule has 0 radical (unpaired) electrons. The highest BCUT2D eigenvalue weighted by Crippen LogP contribution is 2.42. The number of hydrogen-bond donors (Lipinski definition) is 2. The summed E-state index contributed by atoms with van der Waals surface area (Å²) in [5.41, 5.74) is 4.78. The van der Waals surface area contributed by atoms with E-state index < -0.39 is 0 Å². The molecule has 5 rings (SSSR count). The van der Waals surface area contributed by atoms with Crippen LogP contribution in [0, 0.1) is 5.41 Å². The second-order valence-electron chi connectivity index (χ2n) is 9.21. The van der Waals surface area contributed by atoms with Gasteiger partial charge in [0.05, 0.1) is 30.7 Å². The lowest BCUT2D eigenvalue weighted by molar-refractivity contribution is 0.0914. The van der Waals surface area contributed by atoms with Gasteiger partial charge in [0.15, 0.2) is 0 Å². The Labute approximate surface area is 175 Å². The highest BCUT2D eigenvalue weighted by molar-refractivity contribution is 5.92. The third-order valence-electron chi connectivity index (χ3n) is 6.15. The highest BCUT2D eigenvalue weighted by Gasteiger charge is 2.36. The fourth-order valence-corrected chi connectivity index (χ4v) is 4.41. The smallest absolute Gasteiger partial charge is 0.272 e. The van der Waals surface area contributed by atoms with Gasteiger partial charge in [-0.25, -0.2) is 4.68 Å². The first kappa shape index (κ1) is 18.9. The van der Waals surface area contributed by atoms with Crippen molar-refractivity contribution in [1.29, 1.82) is 0 Å².